The number of amides is 1. The maximum atomic E-state index is 13.2. The maximum Gasteiger partial charge on any atom is 0.327 e. The summed E-state index contributed by atoms with van der Waals surface area (Å²) < 4.78 is 0. The van der Waals surface area contributed by atoms with Gasteiger partial charge in [0.15, 0.2) is 5.78 Å². The fourth-order valence-corrected chi connectivity index (χ4v) is 4.50. The van der Waals surface area contributed by atoms with Crippen molar-refractivity contribution in [1.82, 2.24) is 4.90 Å². The zero-order chi connectivity index (χ0) is 23.4. The van der Waals surface area contributed by atoms with E-state index < -0.39 is 17.9 Å². The minimum atomic E-state index is -1.14. The smallest absolute Gasteiger partial charge is 0.327 e. The molecule has 0 bridgehead atoms. The molecule has 1 N–H and O–H groups in total. The summed E-state index contributed by atoms with van der Waals surface area (Å²) >= 11 is 5.94. The van der Waals surface area contributed by atoms with Crippen LogP contribution in [0, 0.1) is 5.92 Å². The molecule has 1 aliphatic heterocycles. The Morgan fingerprint density at radius 3 is 2.09 bits per heavy atom. The summed E-state index contributed by atoms with van der Waals surface area (Å²) in [6, 6.07) is 22.9. The second-order valence-electron chi connectivity index (χ2n) is 8.20. The first kappa shape index (κ1) is 22.7. The van der Waals surface area contributed by atoms with Crippen LogP contribution in [0.1, 0.15) is 28.8 Å². The molecule has 5 nitrogen and oxygen atoms in total. The Kier molecular flexibility index (Phi) is 6.90. The molecule has 0 spiro atoms. The van der Waals surface area contributed by atoms with E-state index in [0.717, 1.165) is 16.7 Å². The SMILES string of the molecule is O=C(c1ccc(-c2ccc(Cl)cc2)cc1)[C@H]1CCN(C(=O)CCc2ccccc2)[C@@H]1C(=O)O. The summed E-state index contributed by atoms with van der Waals surface area (Å²) in [4.78, 5) is 39.4. The number of carboxylic acids is 1. The lowest BCUT2D eigenvalue weighted by Crippen LogP contribution is -2.45. The van der Waals surface area contributed by atoms with E-state index in [1.165, 1.54) is 4.90 Å². The fourth-order valence-electron chi connectivity index (χ4n) is 4.37. The second kappa shape index (κ2) is 10.0. The predicted octanol–water partition coefficient (Wildman–Crippen LogP) is 5.12. The molecule has 0 radical (unpaired) electrons. The van der Waals surface area contributed by atoms with Gasteiger partial charge in [-0.1, -0.05) is 78.3 Å². The molecule has 1 aliphatic rings. The highest BCUT2D eigenvalue weighted by Crippen LogP contribution is 2.30. The number of benzene rings is 3. The van der Waals surface area contributed by atoms with E-state index in [9.17, 15) is 19.5 Å². The highest BCUT2D eigenvalue weighted by molar-refractivity contribution is 6.30. The first-order chi connectivity index (χ1) is 15.9. The summed E-state index contributed by atoms with van der Waals surface area (Å²) in [5, 5.41) is 10.5. The van der Waals surface area contributed by atoms with Gasteiger partial charge in [0.25, 0.3) is 0 Å². The van der Waals surface area contributed by atoms with Gasteiger partial charge >= 0.3 is 5.97 Å². The Hall–Kier alpha value is -3.44. The molecule has 1 heterocycles. The van der Waals surface area contributed by atoms with Crippen LogP contribution in [-0.4, -0.2) is 40.3 Å². The summed E-state index contributed by atoms with van der Waals surface area (Å²) in [7, 11) is 0. The third-order valence-electron chi connectivity index (χ3n) is 6.13. The summed E-state index contributed by atoms with van der Waals surface area (Å²) in [5.74, 6) is -2.38. The lowest BCUT2D eigenvalue weighted by atomic mass is 9.90. The standard InChI is InChI=1S/C27H24ClNO4/c28-22-13-11-20(12-14-22)19-7-9-21(10-8-19)26(31)23-16-17-29(25(23)27(32)33)24(30)15-6-18-4-2-1-3-5-18/h1-5,7-14,23,25H,6,15-17H2,(H,32,33)/t23-,25-/m0/s1. The second-order valence-corrected chi connectivity index (χ2v) is 8.64. The van der Waals surface area contributed by atoms with Gasteiger partial charge in [0.2, 0.25) is 5.91 Å². The van der Waals surface area contributed by atoms with E-state index in [1.54, 1.807) is 24.3 Å². The number of carbonyl (C=O) groups is 3. The Morgan fingerprint density at radius 1 is 0.879 bits per heavy atom. The van der Waals surface area contributed by atoms with Crippen molar-refractivity contribution in [2.45, 2.75) is 25.3 Å². The molecule has 3 aromatic carbocycles. The molecule has 1 saturated heterocycles. The largest absolute Gasteiger partial charge is 0.480 e. The molecule has 3 aromatic rings. The number of halogens is 1. The average molecular weight is 462 g/mol. The Bertz CT molecular complexity index is 1140. The molecule has 0 aromatic heterocycles. The van der Waals surface area contributed by atoms with Crippen LogP contribution in [0.5, 0.6) is 0 Å². The summed E-state index contributed by atoms with van der Waals surface area (Å²) in [6.45, 7) is 0.268. The fraction of sp³-hybridized carbons (Fsp3) is 0.222. The Labute approximate surface area is 197 Å². The number of aryl methyl sites for hydroxylation is 1. The highest BCUT2D eigenvalue weighted by Gasteiger charge is 2.45. The van der Waals surface area contributed by atoms with Gasteiger partial charge in [0.05, 0.1) is 5.92 Å². The third kappa shape index (κ3) is 5.15. The van der Waals surface area contributed by atoms with Crippen LogP contribution in [-0.2, 0) is 16.0 Å². The van der Waals surface area contributed by atoms with Gasteiger partial charge in [-0.3, -0.25) is 9.59 Å². The van der Waals surface area contributed by atoms with Crippen molar-refractivity contribution in [3.8, 4) is 11.1 Å². The molecule has 0 aliphatic carbocycles. The van der Waals surface area contributed by atoms with E-state index in [0.29, 0.717) is 23.4 Å². The van der Waals surface area contributed by atoms with E-state index >= 15 is 0 Å². The quantitative estimate of drug-likeness (QED) is 0.495. The van der Waals surface area contributed by atoms with Gasteiger partial charge in [0.1, 0.15) is 6.04 Å². The number of likely N-dealkylation sites (tertiary alicyclic amines) is 1. The number of carbonyl (C=O) groups excluding carboxylic acids is 2. The number of aliphatic carboxylic acids is 1. The molecule has 1 amide bonds. The minimum Gasteiger partial charge on any atom is -0.480 e. The summed E-state index contributed by atoms with van der Waals surface area (Å²) in [5.41, 5.74) is 3.37. The van der Waals surface area contributed by atoms with Crippen LogP contribution < -0.4 is 0 Å². The molecule has 1 fully saturated rings. The van der Waals surface area contributed by atoms with Gasteiger partial charge in [-0.15, -0.1) is 0 Å². The Morgan fingerprint density at radius 2 is 1.48 bits per heavy atom. The van der Waals surface area contributed by atoms with Crippen molar-refractivity contribution >= 4 is 29.3 Å². The predicted molar refractivity (Wildman–Crippen MR) is 127 cm³/mol. The van der Waals surface area contributed by atoms with Crippen molar-refractivity contribution in [2.75, 3.05) is 6.54 Å². The number of hydrogen-bond donors (Lipinski definition) is 1. The van der Waals surface area contributed by atoms with Gasteiger partial charge in [-0.25, -0.2) is 4.79 Å². The lowest BCUT2D eigenvalue weighted by molar-refractivity contribution is -0.149. The number of Topliss-reactive ketones (excluding diaryl/α,β-unsaturated/α-hetero) is 1. The topological polar surface area (TPSA) is 74.7 Å². The minimum absolute atomic E-state index is 0.213. The van der Waals surface area contributed by atoms with Gasteiger partial charge in [0, 0.05) is 23.6 Å². The molecular weight excluding hydrogens is 438 g/mol. The van der Waals surface area contributed by atoms with Crippen LogP contribution in [0.2, 0.25) is 5.02 Å². The number of ketones is 1. The molecule has 6 heteroatoms. The normalized spacial score (nSPS) is 17.7. The number of carboxylic acid groups (broad SMARTS) is 1. The van der Waals surface area contributed by atoms with Crippen LogP contribution in [0.25, 0.3) is 11.1 Å². The molecule has 0 saturated carbocycles. The Balaban J connectivity index is 1.46. The van der Waals surface area contributed by atoms with Gasteiger partial charge in [-0.2, -0.15) is 0 Å². The van der Waals surface area contributed by atoms with E-state index in [4.69, 9.17) is 11.6 Å². The van der Waals surface area contributed by atoms with E-state index in [2.05, 4.69) is 0 Å². The highest BCUT2D eigenvalue weighted by atomic mass is 35.5. The van der Waals surface area contributed by atoms with E-state index in [1.807, 2.05) is 54.6 Å². The van der Waals surface area contributed by atoms with Crippen molar-refractivity contribution in [3.63, 3.8) is 0 Å². The maximum absolute atomic E-state index is 13.2. The lowest BCUT2D eigenvalue weighted by Gasteiger charge is -2.24. The van der Waals surface area contributed by atoms with Gasteiger partial charge in [-0.05, 0) is 41.7 Å². The molecular formula is C27H24ClNO4. The molecule has 168 valence electrons. The average Bonchev–Trinajstić information content (AvgIpc) is 3.29. The zero-order valence-corrected chi connectivity index (χ0v) is 18.7. The number of nitrogens with zero attached hydrogens (tertiary/aromatic N) is 1. The number of rotatable bonds is 7. The van der Waals surface area contributed by atoms with Gasteiger partial charge < -0.3 is 10.0 Å². The third-order valence-corrected chi connectivity index (χ3v) is 6.38. The van der Waals surface area contributed by atoms with Crippen LogP contribution in [0.15, 0.2) is 78.9 Å². The van der Waals surface area contributed by atoms with Crippen molar-refractivity contribution in [3.05, 3.63) is 95.0 Å². The first-order valence-electron chi connectivity index (χ1n) is 10.9. The van der Waals surface area contributed by atoms with Crippen LogP contribution in [0.3, 0.4) is 0 Å². The number of hydrogen-bond acceptors (Lipinski definition) is 3. The van der Waals surface area contributed by atoms with Crippen molar-refractivity contribution in [2.24, 2.45) is 5.92 Å². The van der Waals surface area contributed by atoms with Crippen molar-refractivity contribution in [1.29, 1.82) is 0 Å². The van der Waals surface area contributed by atoms with Crippen molar-refractivity contribution < 1.29 is 19.5 Å². The first-order valence-corrected chi connectivity index (χ1v) is 11.3. The van der Waals surface area contributed by atoms with E-state index in [-0.39, 0.29) is 24.7 Å². The molecule has 33 heavy (non-hydrogen) atoms. The molecule has 2 atom stereocenters. The van der Waals surface area contributed by atoms with Crippen LogP contribution in [0.4, 0.5) is 0 Å². The monoisotopic (exact) mass is 461 g/mol. The zero-order valence-electron chi connectivity index (χ0n) is 18.0. The molecule has 4 rings (SSSR count). The summed E-state index contributed by atoms with van der Waals surface area (Å²) in [6.07, 6.45) is 1.09. The molecule has 0 unspecified atom stereocenters. The van der Waals surface area contributed by atoms with Crippen LogP contribution >= 0.6 is 11.6 Å².